The van der Waals surface area contributed by atoms with Crippen LogP contribution in [0.25, 0.3) is 0 Å². The topological polar surface area (TPSA) is 90.5 Å². The molecule has 0 bridgehead atoms. The lowest BCUT2D eigenvalue weighted by Gasteiger charge is -2.32. The van der Waals surface area contributed by atoms with Crippen molar-refractivity contribution in [2.75, 3.05) is 6.54 Å². The summed E-state index contributed by atoms with van der Waals surface area (Å²) in [4.78, 5) is 42.0. The summed E-state index contributed by atoms with van der Waals surface area (Å²) in [6.45, 7) is 4.60. The summed E-state index contributed by atoms with van der Waals surface area (Å²) in [6.07, 6.45) is 4.40. The zero-order valence-corrected chi connectivity index (χ0v) is 21.3. The molecule has 0 radical (unpaired) electrons. The summed E-state index contributed by atoms with van der Waals surface area (Å²) in [6, 6.07) is 18.1. The van der Waals surface area contributed by atoms with Crippen molar-refractivity contribution in [2.45, 2.75) is 82.6 Å². The van der Waals surface area contributed by atoms with E-state index in [-0.39, 0.29) is 35.8 Å². The first-order valence-electron chi connectivity index (χ1n) is 13.3. The minimum absolute atomic E-state index is 0.0396. The average molecular weight is 491 g/mol. The van der Waals surface area contributed by atoms with Gasteiger partial charge in [-0.05, 0) is 56.2 Å². The summed E-state index contributed by atoms with van der Waals surface area (Å²) < 4.78 is 0. The SMILES string of the molecule is CCN[C@@H](CC)C(=O)N[C@H]1CCC[C@H]2CC[C@@H](C(=O)NC(c3ccccc3)c3ccccc3)N2C1=O. The number of amides is 3. The molecule has 2 aromatic rings. The number of hydrogen-bond acceptors (Lipinski definition) is 4. The van der Waals surface area contributed by atoms with Crippen molar-refractivity contribution >= 4 is 17.7 Å². The van der Waals surface area contributed by atoms with E-state index in [2.05, 4.69) is 16.0 Å². The van der Waals surface area contributed by atoms with Gasteiger partial charge in [-0.25, -0.2) is 0 Å². The van der Waals surface area contributed by atoms with E-state index < -0.39 is 12.1 Å². The summed E-state index contributed by atoms with van der Waals surface area (Å²) in [5, 5.41) is 9.40. The Morgan fingerprint density at radius 2 is 1.56 bits per heavy atom. The second-order valence-electron chi connectivity index (χ2n) is 9.77. The maximum absolute atomic E-state index is 13.7. The Morgan fingerprint density at radius 1 is 0.917 bits per heavy atom. The molecule has 2 aromatic carbocycles. The fourth-order valence-corrected chi connectivity index (χ4v) is 5.58. The summed E-state index contributed by atoms with van der Waals surface area (Å²) in [7, 11) is 0. The van der Waals surface area contributed by atoms with E-state index in [4.69, 9.17) is 0 Å². The Labute approximate surface area is 214 Å². The second kappa shape index (κ2) is 12.2. The van der Waals surface area contributed by atoms with Gasteiger partial charge in [0.2, 0.25) is 17.7 Å². The van der Waals surface area contributed by atoms with Crippen molar-refractivity contribution in [3.05, 3.63) is 71.8 Å². The van der Waals surface area contributed by atoms with Gasteiger partial charge in [-0.15, -0.1) is 0 Å². The minimum Gasteiger partial charge on any atom is -0.343 e. The number of nitrogens with one attached hydrogen (secondary N) is 3. The number of benzene rings is 2. The van der Waals surface area contributed by atoms with Crippen LogP contribution in [0.5, 0.6) is 0 Å². The normalized spacial score (nSPS) is 22.6. The largest absolute Gasteiger partial charge is 0.343 e. The van der Waals surface area contributed by atoms with Gasteiger partial charge in [0.15, 0.2) is 0 Å². The van der Waals surface area contributed by atoms with Crippen molar-refractivity contribution in [1.29, 1.82) is 0 Å². The van der Waals surface area contributed by atoms with E-state index in [1.165, 1.54) is 0 Å². The van der Waals surface area contributed by atoms with E-state index in [1.807, 2.05) is 74.5 Å². The molecule has 2 heterocycles. The van der Waals surface area contributed by atoms with Crippen molar-refractivity contribution < 1.29 is 14.4 Å². The number of fused-ring (bicyclic) bond motifs is 1. The Kier molecular flexibility index (Phi) is 8.75. The first-order valence-corrected chi connectivity index (χ1v) is 13.3. The molecule has 2 aliphatic heterocycles. The van der Waals surface area contributed by atoms with Gasteiger partial charge in [0, 0.05) is 6.04 Å². The van der Waals surface area contributed by atoms with Gasteiger partial charge >= 0.3 is 0 Å². The molecule has 0 unspecified atom stereocenters. The monoisotopic (exact) mass is 490 g/mol. The van der Waals surface area contributed by atoms with Crippen LogP contribution in [0.3, 0.4) is 0 Å². The van der Waals surface area contributed by atoms with E-state index in [0.29, 0.717) is 25.8 Å². The highest BCUT2D eigenvalue weighted by molar-refractivity contribution is 5.94. The number of rotatable bonds is 9. The molecule has 2 fully saturated rings. The molecular formula is C29H38N4O3. The molecule has 2 saturated heterocycles. The van der Waals surface area contributed by atoms with Crippen molar-refractivity contribution in [2.24, 2.45) is 0 Å². The lowest BCUT2D eigenvalue weighted by atomic mass is 9.98. The second-order valence-corrected chi connectivity index (χ2v) is 9.77. The lowest BCUT2D eigenvalue weighted by molar-refractivity contribution is -0.143. The van der Waals surface area contributed by atoms with Crippen molar-refractivity contribution in [3.8, 4) is 0 Å². The predicted octanol–water partition coefficient (Wildman–Crippen LogP) is 3.31. The molecule has 0 aromatic heterocycles. The molecule has 0 saturated carbocycles. The smallest absolute Gasteiger partial charge is 0.246 e. The van der Waals surface area contributed by atoms with Crippen LogP contribution >= 0.6 is 0 Å². The van der Waals surface area contributed by atoms with Crippen LogP contribution in [-0.4, -0.2) is 53.3 Å². The Morgan fingerprint density at radius 3 is 2.14 bits per heavy atom. The number of hydrogen-bond donors (Lipinski definition) is 3. The van der Waals surface area contributed by atoms with Gasteiger partial charge in [0.25, 0.3) is 0 Å². The van der Waals surface area contributed by atoms with Crippen LogP contribution in [0, 0.1) is 0 Å². The van der Waals surface area contributed by atoms with Gasteiger partial charge in [0.05, 0.1) is 12.1 Å². The Bertz CT molecular complexity index is 990. The third-order valence-corrected chi connectivity index (χ3v) is 7.43. The van der Waals surface area contributed by atoms with Crippen molar-refractivity contribution in [1.82, 2.24) is 20.9 Å². The molecule has 7 nitrogen and oxygen atoms in total. The van der Waals surface area contributed by atoms with Gasteiger partial charge in [-0.3, -0.25) is 14.4 Å². The highest BCUT2D eigenvalue weighted by Crippen LogP contribution is 2.33. The molecule has 192 valence electrons. The van der Waals surface area contributed by atoms with Crippen LogP contribution in [0.15, 0.2) is 60.7 Å². The molecule has 0 aliphatic carbocycles. The predicted molar refractivity (Wildman–Crippen MR) is 140 cm³/mol. The summed E-state index contributed by atoms with van der Waals surface area (Å²) in [5.41, 5.74) is 1.99. The van der Waals surface area contributed by atoms with E-state index in [1.54, 1.807) is 4.90 Å². The molecule has 4 rings (SSSR count). The van der Waals surface area contributed by atoms with Crippen LogP contribution in [0.4, 0.5) is 0 Å². The van der Waals surface area contributed by atoms with Gasteiger partial charge in [-0.2, -0.15) is 0 Å². The highest BCUT2D eigenvalue weighted by atomic mass is 16.2. The molecule has 3 N–H and O–H groups in total. The third-order valence-electron chi connectivity index (χ3n) is 7.43. The average Bonchev–Trinajstić information content (AvgIpc) is 3.27. The maximum Gasteiger partial charge on any atom is 0.246 e. The van der Waals surface area contributed by atoms with E-state index >= 15 is 0 Å². The van der Waals surface area contributed by atoms with Crippen molar-refractivity contribution in [3.63, 3.8) is 0 Å². The lowest BCUT2D eigenvalue weighted by Crippen LogP contribution is -2.56. The van der Waals surface area contributed by atoms with Gasteiger partial charge in [0.1, 0.15) is 12.1 Å². The number of nitrogens with zero attached hydrogens (tertiary/aromatic N) is 1. The first kappa shape index (κ1) is 25.9. The minimum atomic E-state index is -0.595. The summed E-state index contributed by atoms with van der Waals surface area (Å²) in [5.74, 6) is -0.426. The fourth-order valence-electron chi connectivity index (χ4n) is 5.58. The number of carbonyl (C=O) groups excluding carboxylic acids is 3. The maximum atomic E-state index is 13.7. The van der Waals surface area contributed by atoms with Gasteiger partial charge < -0.3 is 20.9 Å². The molecule has 4 atom stereocenters. The van der Waals surface area contributed by atoms with Crippen LogP contribution < -0.4 is 16.0 Å². The fraction of sp³-hybridized carbons (Fsp3) is 0.483. The van der Waals surface area contributed by atoms with Crippen LogP contribution in [0.1, 0.15) is 69.5 Å². The standard InChI is InChI=1S/C29H38N4O3/c1-3-23(30-4-2)27(34)31-24-17-11-16-22-18-19-25(33(22)29(24)36)28(35)32-26(20-12-7-5-8-13-20)21-14-9-6-10-15-21/h5-10,12-15,22-26,30H,3-4,11,16-19H2,1-2H3,(H,31,34)(H,32,35)/t22-,23-,24-,25-/m0/s1. The molecule has 36 heavy (non-hydrogen) atoms. The highest BCUT2D eigenvalue weighted by Gasteiger charge is 2.45. The molecule has 0 spiro atoms. The van der Waals surface area contributed by atoms with Crippen LogP contribution in [-0.2, 0) is 14.4 Å². The quantitative estimate of drug-likeness (QED) is 0.503. The number of likely N-dealkylation sites (N-methyl/N-ethyl adjacent to an activating group) is 1. The molecule has 7 heteroatoms. The Hall–Kier alpha value is -3.19. The zero-order valence-electron chi connectivity index (χ0n) is 21.3. The van der Waals surface area contributed by atoms with E-state index in [9.17, 15) is 14.4 Å². The molecule has 2 aliphatic rings. The summed E-state index contributed by atoms with van der Waals surface area (Å²) >= 11 is 0. The molecule has 3 amide bonds. The number of carbonyl (C=O) groups is 3. The Balaban J connectivity index is 1.52. The van der Waals surface area contributed by atoms with E-state index in [0.717, 1.165) is 30.4 Å². The first-order chi connectivity index (χ1) is 17.5. The molecular weight excluding hydrogens is 452 g/mol. The zero-order chi connectivity index (χ0) is 25.5. The van der Waals surface area contributed by atoms with Crippen LogP contribution in [0.2, 0.25) is 0 Å². The third kappa shape index (κ3) is 5.78. The van der Waals surface area contributed by atoms with Gasteiger partial charge in [-0.1, -0.05) is 74.5 Å².